The molecule has 0 aromatic heterocycles. The highest BCUT2D eigenvalue weighted by Crippen LogP contribution is 2.25. The number of carbonyl (C=O) groups is 1. The topological polar surface area (TPSA) is 29.1 Å². The number of hydrogen-bond acceptors (Lipinski definition) is 2. The Morgan fingerprint density at radius 2 is 2.29 bits per heavy atom. The highest BCUT2D eigenvalue weighted by Gasteiger charge is 2.02. The van der Waals surface area contributed by atoms with Crippen molar-refractivity contribution in [3.8, 4) is 0 Å². The number of thiol groups is 1. The molecule has 0 aliphatic heterocycles. The lowest BCUT2D eigenvalue weighted by Crippen LogP contribution is -2.11. The minimum Gasteiger partial charge on any atom is -0.326 e. The molecule has 2 nitrogen and oxygen atoms in total. The fraction of sp³-hybridized carbons (Fsp3) is 0.222. The van der Waals surface area contributed by atoms with Crippen LogP contribution in [0.15, 0.2) is 22.7 Å². The van der Waals surface area contributed by atoms with Gasteiger partial charge in [-0.15, -0.1) is 0 Å². The van der Waals surface area contributed by atoms with E-state index in [1.807, 2.05) is 0 Å². The van der Waals surface area contributed by atoms with Crippen molar-refractivity contribution in [2.75, 3.05) is 11.1 Å². The van der Waals surface area contributed by atoms with E-state index < -0.39 is 0 Å². The van der Waals surface area contributed by atoms with Gasteiger partial charge in [-0.3, -0.25) is 4.79 Å². The number of hydrogen-bond donors (Lipinski definition) is 2. The highest BCUT2D eigenvalue weighted by molar-refractivity contribution is 9.10. The van der Waals surface area contributed by atoms with Gasteiger partial charge in [0.05, 0.1) is 5.02 Å². The van der Waals surface area contributed by atoms with Crippen LogP contribution in [-0.2, 0) is 4.79 Å². The van der Waals surface area contributed by atoms with E-state index in [1.54, 1.807) is 18.2 Å². The first-order valence-electron chi connectivity index (χ1n) is 3.99. The third-order valence-corrected chi connectivity index (χ3v) is 2.98. The molecule has 5 heteroatoms. The molecule has 0 bridgehead atoms. The molecule has 0 unspecified atom stereocenters. The van der Waals surface area contributed by atoms with Crippen molar-refractivity contribution in [2.45, 2.75) is 6.42 Å². The quantitative estimate of drug-likeness (QED) is 0.822. The summed E-state index contributed by atoms with van der Waals surface area (Å²) in [6, 6.07) is 5.24. The minimum absolute atomic E-state index is 0.0470. The summed E-state index contributed by atoms with van der Waals surface area (Å²) in [5.74, 6) is 0.495. The van der Waals surface area contributed by atoms with Gasteiger partial charge < -0.3 is 5.32 Å². The monoisotopic (exact) mass is 293 g/mol. The molecule has 0 atom stereocenters. The van der Waals surface area contributed by atoms with Gasteiger partial charge in [-0.2, -0.15) is 12.6 Å². The molecule has 0 saturated carbocycles. The average molecular weight is 295 g/mol. The maximum atomic E-state index is 11.2. The van der Waals surface area contributed by atoms with Crippen molar-refractivity contribution in [1.29, 1.82) is 0 Å². The summed E-state index contributed by atoms with van der Waals surface area (Å²) in [5, 5.41) is 3.36. The number of amides is 1. The van der Waals surface area contributed by atoms with Crippen LogP contribution in [-0.4, -0.2) is 11.7 Å². The molecule has 0 aliphatic rings. The number of benzene rings is 1. The highest BCUT2D eigenvalue weighted by atomic mass is 79.9. The molecule has 0 radical (unpaired) electrons. The Hall–Kier alpha value is -0.190. The molecule has 1 aromatic carbocycles. The summed E-state index contributed by atoms with van der Waals surface area (Å²) in [4.78, 5) is 11.2. The van der Waals surface area contributed by atoms with E-state index in [4.69, 9.17) is 11.6 Å². The Morgan fingerprint density at radius 3 is 2.86 bits per heavy atom. The number of nitrogens with one attached hydrogen (secondary N) is 1. The summed E-state index contributed by atoms with van der Waals surface area (Å²) in [6.07, 6.45) is 0.406. The maximum absolute atomic E-state index is 11.2. The van der Waals surface area contributed by atoms with Crippen LogP contribution < -0.4 is 5.32 Å². The van der Waals surface area contributed by atoms with Crippen LogP contribution in [0.2, 0.25) is 5.02 Å². The molecule has 0 saturated heterocycles. The van der Waals surface area contributed by atoms with Crippen LogP contribution >= 0.6 is 40.2 Å². The predicted octanol–water partition coefficient (Wildman–Crippen LogP) is 3.36. The van der Waals surface area contributed by atoms with Crippen LogP contribution in [0.3, 0.4) is 0 Å². The minimum atomic E-state index is -0.0470. The maximum Gasteiger partial charge on any atom is 0.225 e. The molecule has 0 fully saturated rings. The lowest BCUT2D eigenvalue weighted by molar-refractivity contribution is -0.115. The van der Waals surface area contributed by atoms with E-state index >= 15 is 0 Å². The largest absolute Gasteiger partial charge is 0.326 e. The molecule has 14 heavy (non-hydrogen) atoms. The summed E-state index contributed by atoms with van der Waals surface area (Å²) in [6.45, 7) is 0. The molecule has 0 spiro atoms. The molecule has 1 rings (SSSR count). The summed E-state index contributed by atoms with van der Waals surface area (Å²) in [7, 11) is 0. The molecule has 1 aromatic rings. The van der Waals surface area contributed by atoms with Crippen molar-refractivity contribution in [3.63, 3.8) is 0 Å². The van der Waals surface area contributed by atoms with Gasteiger partial charge in [0.2, 0.25) is 5.91 Å². The van der Waals surface area contributed by atoms with E-state index in [0.717, 1.165) is 10.2 Å². The lowest BCUT2D eigenvalue weighted by Gasteiger charge is -2.05. The second kappa shape index (κ2) is 5.63. The van der Waals surface area contributed by atoms with Crippen LogP contribution in [0, 0.1) is 0 Å². The molecule has 1 amide bonds. The number of halogens is 2. The SMILES string of the molecule is O=C(CCS)Nc1ccc(Cl)c(Br)c1. The van der Waals surface area contributed by atoms with Gasteiger partial charge in [-0.05, 0) is 39.9 Å². The van der Waals surface area contributed by atoms with E-state index in [-0.39, 0.29) is 5.91 Å². The Morgan fingerprint density at radius 1 is 1.57 bits per heavy atom. The van der Waals surface area contributed by atoms with Crippen molar-refractivity contribution >= 4 is 51.8 Å². The van der Waals surface area contributed by atoms with Gasteiger partial charge in [-0.25, -0.2) is 0 Å². The molecule has 0 heterocycles. The fourth-order valence-electron chi connectivity index (χ4n) is 0.899. The van der Waals surface area contributed by atoms with E-state index in [1.165, 1.54) is 0 Å². The Balaban J connectivity index is 2.68. The summed E-state index contributed by atoms with van der Waals surface area (Å²) in [5.41, 5.74) is 0.730. The fourth-order valence-corrected chi connectivity index (χ4v) is 1.60. The van der Waals surface area contributed by atoms with Crippen LogP contribution in [0.5, 0.6) is 0 Å². The number of anilines is 1. The van der Waals surface area contributed by atoms with Crippen molar-refractivity contribution < 1.29 is 4.79 Å². The van der Waals surface area contributed by atoms with Gasteiger partial charge >= 0.3 is 0 Å². The average Bonchev–Trinajstić information content (AvgIpc) is 2.12. The van der Waals surface area contributed by atoms with Gasteiger partial charge in [-0.1, -0.05) is 11.6 Å². The van der Waals surface area contributed by atoms with E-state index in [9.17, 15) is 4.79 Å². The second-order valence-electron chi connectivity index (χ2n) is 2.65. The first kappa shape index (κ1) is 11.9. The zero-order valence-electron chi connectivity index (χ0n) is 7.26. The molecule has 0 aliphatic carbocycles. The first-order valence-corrected chi connectivity index (χ1v) is 5.79. The standard InChI is InChI=1S/C9H9BrClNOS/c10-7-5-6(1-2-8(7)11)12-9(13)3-4-14/h1-2,5,14H,3-4H2,(H,12,13). The van der Waals surface area contributed by atoms with Crippen LogP contribution in [0.1, 0.15) is 6.42 Å². The lowest BCUT2D eigenvalue weighted by atomic mass is 10.3. The van der Waals surface area contributed by atoms with Gasteiger partial charge in [0, 0.05) is 16.6 Å². The van der Waals surface area contributed by atoms with Crippen LogP contribution in [0.25, 0.3) is 0 Å². The Kier molecular flexibility index (Phi) is 4.78. The molecular formula is C9H9BrClNOS. The summed E-state index contributed by atoms with van der Waals surface area (Å²) < 4.78 is 0.767. The summed E-state index contributed by atoms with van der Waals surface area (Å²) >= 11 is 13.1. The first-order chi connectivity index (χ1) is 6.63. The normalized spacial score (nSPS) is 9.93. The van der Waals surface area contributed by atoms with Gasteiger partial charge in [0.15, 0.2) is 0 Å². The molecule has 76 valence electrons. The van der Waals surface area contributed by atoms with E-state index in [2.05, 4.69) is 33.9 Å². The smallest absolute Gasteiger partial charge is 0.225 e. The van der Waals surface area contributed by atoms with Crippen molar-refractivity contribution in [1.82, 2.24) is 0 Å². The number of carbonyl (C=O) groups excluding carboxylic acids is 1. The third-order valence-electron chi connectivity index (χ3n) is 1.54. The van der Waals surface area contributed by atoms with Crippen molar-refractivity contribution in [2.24, 2.45) is 0 Å². The van der Waals surface area contributed by atoms with Crippen molar-refractivity contribution in [3.05, 3.63) is 27.7 Å². The second-order valence-corrected chi connectivity index (χ2v) is 4.36. The number of rotatable bonds is 3. The van der Waals surface area contributed by atoms with E-state index in [0.29, 0.717) is 17.2 Å². The third kappa shape index (κ3) is 3.52. The molecular weight excluding hydrogens is 286 g/mol. The van der Waals surface area contributed by atoms with Gasteiger partial charge in [0.25, 0.3) is 0 Å². The molecule has 1 N–H and O–H groups in total. The zero-order chi connectivity index (χ0) is 10.6. The van der Waals surface area contributed by atoms with Gasteiger partial charge in [0.1, 0.15) is 0 Å². The Bertz CT molecular complexity index is 346. The zero-order valence-corrected chi connectivity index (χ0v) is 10.5. The Labute approximate surface area is 102 Å². The predicted molar refractivity (Wildman–Crippen MR) is 66.3 cm³/mol. The van der Waals surface area contributed by atoms with Crippen LogP contribution in [0.4, 0.5) is 5.69 Å².